The van der Waals surface area contributed by atoms with Gasteiger partial charge in [0.15, 0.2) is 0 Å². The third-order valence-electron chi connectivity index (χ3n) is 5.31. The Morgan fingerprint density at radius 2 is 1.91 bits per heavy atom. The summed E-state index contributed by atoms with van der Waals surface area (Å²) in [6, 6.07) is 12.6. The first-order valence-electron chi connectivity index (χ1n) is 9.96. The number of halogens is 2. The van der Waals surface area contributed by atoms with Gasteiger partial charge in [0.25, 0.3) is 0 Å². The molecule has 164 valence electrons. The minimum absolute atomic E-state index is 0.0912. The van der Waals surface area contributed by atoms with Crippen LogP contribution in [0.3, 0.4) is 0 Å². The topological polar surface area (TPSA) is 61.1 Å². The summed E-state index contributed by atoms with van der Waals surface area (Å²) in [7, 11) is 1.41. The number of hydrogen-bond acceptors (Lipinski definition) is 4. The van der Waals surface area contributed by atoms with E-state index in [1.54, 1.807) is 10.8 Å². The van der Waals surface area contributed by atoms with E-state index in [1.807, 2.05) is 61.1 Å². The molecule has 0 spiro atoms. The summed E-state index contributed by atoms with van der Waals surface area (Å²) in [6.45, 7) is 4.03. The van der Waals surface area contributed by atoms with E-state index in [0.717, 1.165) is 22.5 Å². The van der Waals surface area contributed by atoms with E-state index < -0.39 is 11.4 Å². The molecule has 0 unspecified atom stereocenters. The van der Waals surface area contributed by atoms with Gasteiger partial charge in [-0.2, -0.15) is 4.98 Å². The summed E-state index contributed by atoms with van der Waals surface area (Å²) in [5.74, 6) is -0.0294. The van der Waals surface area contributed by atoms with Gasteiger partial charge in [-0.3, -0.25) is 4.79 Å². The van der Waals surface area contributed by atoms with Crippen molar-refractivity contribution >= 4 is 23.2 Å². The number of methoxy groups -OCH3 is 1. The molecule has 4 rings (SSSR count). The minimum atomic E-state index is -0.500. The van der Waals surface area contributed by atoms with Crippen LogP contribution in [0.4, 0.5) is 16.0 Å². The number of benzene rings is 2. The maximum atomic E-state index is 14.0. The van der Waals surface area contributed by atoms with Crippen molar-refractivity contribution < 1.29 is 9.13 Å². The van der Waals surface area contributed by atoms with Gasteiger partial charge in [-0.05, 0) is 66.9 Å². The van der Waals surface area contributed by atoms with Crippen LogP contribution >= 0.6 is 11.6 Å². The van der Waals surface area contributed by atoms with E-state index >= 15 is 0 Å². The van der Waals surface area contributed by atoms with Gasteiger partial charge in [-0.15, -0.1) is 0 Å². The van der Waals surface area contributed by atoms with E-state index in [2.05, 4.69) is 10.3 Å². The van der Waals surface area contributed by atoms with Crippen molar-refractivity contribution in [2.24, 2.45) is 0 Å². The Hall–Kier alpha value is -3.58. The molecule has 6 nitrogen and oxygen atoms in total. The van der Waals surface area contributed by atoms with Crippen LogP contribution in [0.25, 0.3) is 5.69 Å². The lowest BCUT2D eigenvalue weighted by atomic mass is 10.1. The minimum Gasteiger partial charge on any atom is -0.490 e. The monoisotopic (exact) mass is 452 g/mol. The Bertz CT molecular complexity index is 1330. The van der Waals surface area contributed by atoms with Gasteiger partial charge < -0.3 is 19.2 Å². The Kier molecular flexibility index (Phi) is 6.01. The molecule has 2 aromatic heterocycles. The highest BCUT2D eigenvalue weighted by atomic mass is 35.5. The summed E-state index contributed by atoms with van der Waals surface area (Å²) in [6.07, 6.45) is 5.46. The predicted octanol–water partition coefficient (Wildman–Crippen LogP) is 5.24. The Balaban J connectivity index is 1.77. The summed E-state index contributed by atoms with van der Waals surface area (Å²) in [5, 5.41) is 3.60. The molecule has 0 aliphatic rings. The van der Waals surface area contributed by atoms with Crippen LogP contribution in [0.1, 0.15) is 16.7 Å². The van der Waals surface area contributed by atoms with Gasteiger partial charge in [-0.1, -0.05) is 17.7 Å². The van der Waals surface area contributed by atoms with Gasteiger partial charge in [0, 0.05) is 28.8 Å². The maximum absolute atomic E-state index is 14.0. The third-order valence-corrected chi connectivity index (χ3v) is 5.70. The van der Waals surface area contributed by atoms with Crippen molar-refractivity contribution in [2.75, 3.05) is 12.4 Å². The fraction of sp³-hybridized carbons (Fsp3) is 0.167. The average Bonchev–Trinajstić information content (AvgIpc) is 3.29. The van der Waals surface area contributed by atoms with Crippen molar-refractivity contribution in [2.45, 2.75) is 20.4 Å². The summed E-state index contributed by atoms with van der Waals surface area (Å²) in [4.78, 5) is 16.6. The molecule has 4 aromatic rings. The normalized spacial score (nSPS) is 10.9. The van der Waals surface area contributed by atoms with Crippen LogP contribution in [0.15, 0.2) is 65.8 Å². The zero-order valence-electron chi connectivity index (χ0n) is 17.9. The van der Waals surface area contributed by atoms with Crippen molar-refractivity contribution in [3.05, 3.63) is 98.9 Å². The fourth-order valence-electron chi connectivity index (χ4n) is 3.41. The zero-order valence-corrected chi connectivity index (χ0v) is 18.7. The summed E-state index contributed by atoms with van der Waals surface area (Å²) >= 11 is 6.17. The zero-order chi connectivity index (χ0) is 22.8. The maximum Gasteiger partial charge on any atom is 0.316 e. The molecule has 32 heavy (non-hydrogen) atoms. The second kappa shape index (κ2) is 8.88. The largest absolute Gasteiger partial charge is 0.490 e. The second-order valence-electron chi connectivity index (χ2n) is 7.45. The van der Waals surface area contributed by atoms with Crippen LogP contribution in [0.5, 0.6) is 5.75 Å². The van der Waals surface area contributed by atoms with E-state index in [1.165, 1.54) is 19.2 Å². The number of nitrogens with one attached hydrogen (secondary N) is 1. The number of hydrogen-bond donors (Lipinski definition) is 1. The average molecular weight is 453 g/mol. The van der Waals surface area contributed by atoms with Gasteiger partial charge in [0.05, 0.1) is 19.9 Å². The van der Waals surface area contributed by atoms with E-state index in [0.29, 0.717) is 16.5 Å². The van der Waals surface area contributed by atoms with Crippen molar-refractivity contribution in [3.63, 3.8) is 0 Å². The molecule has 2 aromatic carbocycles. The third kappa shape index (κ3) is 4.38. The molecule has 8 heteroatoms. The van der Waals surface area contributed by atoms with Gasteiger partial charge in [0.2, 0.25) is 11.7 Å². The molecule has 0 bridgehead atoms. The van der Waals surface area contributed by atoms with Crippen LogP contribution < -0.4 is 15.6 Å². The van der Waals surface area contributed by atoms with Gasteiger partial charge in [0.1, 0.15) is 5.82 Å². The highest BCUT2D eigenvalue weighted by molar-refractivity contribution is 6.31. The first-order chi connectivity index (χ1) is 15.4. The van der Waals surface area contributed by atoms with Crippen LogP contribution in [-0.4, -0.2) is 21.2 Å². The molecular weight excluding hydrogens is 431 g/mol. The van der Waals surface area contributed by atoms with Gasteiger partial charge >= 0.3 is 5.56 Å². The molecule has 0 saturated carbocycles. The van der Waals surface area contributed by atoms with Gasteiger partial charge in [-0.25, -0.2) is 4.39 Å². The lowest BCUT2D eigenvalue weighted by molar-refractivity contribution is 0.402. The van der Waals surface area contributed by atoms with Crippen LogP contribution in [0, 0.1) is 19.7 Å². The Morgan fingerprint density at radius 3 is 2.62 bits per heavy atom. The molecule has 0 atom stereocenters. The first-order valence-corrected chi connectivity index (χ1v) is 10.3. The standard InChI is InChI=1S/C24H22ClFN4O2/c1-15-6-7-19(29-8-4-5-9-29)12-21(15)27-24-28-23(31)22(32-3)14-30(24)13-17-10-18(26)11-20(25)16(17)2/h4-12,14H,13H2,1-3H3,(H,27,28,31). The molecule has 0 aliphatic heterocycles. The Morgan fingerprint density at radius 1 is 1.16 bits per heavy atom. The molecule has 0 radical (unpaired) electrons. The number of anilines is 2. The summed E-state index contributed by atoms with van der Waals surface area (Å²) < 4.78 is 22.9. The van der Waals surface area contributed by atoms with E-state index in [9.17, 15) is 9.18 Å². The number of aryl methyl sites for hydroxylation is 1. The SMILES string of the molecule is COc1cn(Cc2cc(F)cc(Cl)c2C)c(Nc2cc(-n3cccc3)ccc2C)nc1=O. The number of aromatic nitrogens is 3. The Labute approximate surface area is 189 Å². The lowest BCUT2D eigenvalue weighted by Crippen LogP contribution is -2.19. The molecule has 1 N–H and O–H groups in total. The van der Waals surface area contributed by atoms with E-state index in [4.69, 9.17) is 16.3 Å². The van der Waals surface area contributed by atoms with Crippen molar-refractivity contribution in [1.82, 2.24) is 14.1 Å². The smallest absolute Gasteiger partial charge is 0.316 e. The number of nitrogens with zero attached hydrogens (tertiary/aromatic N) is 3. The number of ether oxygens (including phenoxy) is 1. The highest BCUT2D eigenvalue weighted by Crippen LogP contribution is 2.26. The molecule has 0 saturated heterocycles. The first kappa shape index (κ1) is 21.6. The fourth-order valence-corrected chi connectivity index (χ4v) is 3.64. The van der Waals surface area contributed by atoms with Crippen LogP contribution in [-0.2, 0) is 6.54 Å². The molecule has 0 fully saturated rings. The summed E-state index contributed by atoms with van der Waals surface area (Å²) in [5.41, 5.74) is 3.64. The molecule has 0 aliphatic carbocycles. The lowest BCUT2D eigenvalue weighted by Gasteiger charge is -2.18. The van der Waals surface area contributed by atoms with Crippen molar-refractivity contribution in [3.8, 4) is 11.4 Å². The highest BCUT2D eigenvalue weighted by Gasteiger charge is 2.14. The van der Waals surface area contributed by atoms with Crippen molar-refractivity contribution in [1.29, 1.82) is 0 Å². The molecular formula is C24H22ClFN4O2. The molecule has 2 heterocycles. The number of rotatable bonds is 6. The second-order valence-corrected chi connectivity index (χ2v) is 7.86. The quantitative estimate of drug-likeness (QED) is 0.434. The van der Waals surface area contributed by atoms with E-state index in [-0.39, 0.29) is 12.3 Å². The molecule has 0 amide bonds. The predicted molar refractivity (Wildman–Crippen MR) is 124 cm³/mol. The van der Waals surface area contributed by atoms with Crippen LogP contribution in [0.2, 0.25) is 5.02 Å².